The second-order valence-electron chi connectivity index (χ2n) is 3.12. The molecule has 2 aromatic rings. The maximum Gasteiger partial charge on any atom is 0.234 e. The fraction of sp³-hybridized carbons (Fsp3) is 0.200. The Labute approximate surface area is 91.7 Å². The smallest absolute Gasteiger partial charge is 0.209 e. The topological polar surface area (TPSA) is 25.8 Å². The molecule has 2 rings (SSSR count). The summed E-state index contributed by atoms with van der Waals surface area (Å²) in [5, 5.41) is 1.30. The third-order valence-corrected chi connectivity index (χ3v) is 2.90. The van der Waals surface area contributed by atoms with Gasteiger partial charge in [-0.15, -0.1) is 0 Å². The molecule has 0 N–H and O–H groups in total. The first kappa shape index (κ1) is 9.62. The Balaban J connectivity index is 2.15. The van der Waals surface area contributed by atoms with Crippen molar-refractivity contribution >= 4 is 23.1 Å². The third kappa shape index (κ3) is 2.30. The van der Waals surface area contributed by atoms with Gasteiger partial charge in [-0.2, -0.15) is 4.37 Å². The highest BCUT2D eigenvalue weighted by molar-refractivity contribution is 7.05. The summed E-state index contributed by atoms with van der Waals surface area (Å²) in [7, 11) is 0. The first-order valence-electron chi connectivity index (χ1n) is 4.27. The Hall–Kier alpha value is -0.930. The summed E-state index contributed by atoms with van der Waals surface area (Å²) in [6, 6.07) is 8.39. The minimum Gasteiger partial charge on any atom is -0.209 e. The molecule has 1 aromatic heterocycles. The Morgan fingerprint density at radius 2 is 2.00 bits per heavy atom. The SMILES string of the molecule is Cc1ccc(Cc2nc(Cl)ns2)cc1. The van der Waals surface area contributed by atoms with Crippen LogP contribution in [0.5, 0.6) is 0 Å². The van der Waals surface area contributed by atoms with E-state index in [0.717, 1.165) is 11.4 Å². The number of halogens is 1. The van der Waals surface area contributed by atoms with Gasteiger partial charge in [0.15, 0.2) is 0 Å². The second-order valence-corrected chi connectivity index (χ2v) is 4.29. The molecule has 0 aliphatic rings. The average molecular weight is 225 g/mol. The minimum atomic E-state index is 0.345. The zero-order valence-electron chi connectivity index (χ0n) is 7.70. The molecule has 72 valence electrons. The van der Waals surface area contributed by atoms with Crippen molar-refractivity contribution in [1.82, 2.24) is 9.36 Å². The van der Waals surface area contributed by atoms with Gasteiger partial charge in [0, 0.05) is 6.42 Å². The highest BCUT2D eigenvalue weighted by atomic mass is 35.5. The molecule has 0 saturated carbocycles. The molecule has 0 amide bonds. The summed E-state index contributed by atoms with van der Waals surface area (Å²) in [6.07, 6.45) is 0.810. The number of hydrogen-bond donors (Lipinski definition) is 0. The van der Waals surface area contributed by atoms with Crippen LogP contribution in [0.15, 0.2) is 24.3 Å². The maximum atomic E-state index is 5.64. The predicted octanol–water partition coefficient (Wildman–Crippen LogP) is 3.09. The Bertz CT molecular complexity index is 422. The molecule has 2 nitrogen and oxygen atoms in total. The number of aryl methyl sites for hydroxylation is 1. The molecule has 0 bridgehead atoms. The van der Waals surface area contributed by atoms with Crippen LogP contribution < -0.4 is 0 Å². The monoisotopic (exact) mass is 224 g/mol. The molecule has 0 saturated heterocycles. The molecular formula is C10H9ClN2S. The van der Waals surface area contributed by atoms with E-state index in [1.54, 1.807) is 0 Å². The van der Waals surface area contributed by atoms with Crippen molar-refractivity contribution in [3.05, 3.63) is 45.7 Å². The minimum absolute atomic E-state index is 0.345. The van der Waals surface area contributed by atoms with Crippen molar-refractivity contribution in [1.29, 1.82) is 0 Å². The molecule has 0 fully saturated rings. The normalized spacial score (nSPS) is 10.4. The second kappa shape index (κ2) is 4.07. The van der Waals surface area contributed by atoms with E-state index in [9.17, 15) is 0 Å². The van der Waals surface area contributed by atoms with Crippen LogP contribution in [-0.4, -0.2) is 9.36 Å². The van der Waals surface area contributed by atoms with Gasteiger partial charge in [0.05, 0.1) is 0 Å². The average Bonchev–Trinajstić information content (AvgIpc) is 2.56. The van der Waals surface area contributed by atoms with Crippen LogP contribution in [0.2, 0.25) is 5.28 Å². The molecule has 0 atom stereocenters. The number of benzene rings is 1. The number of nitrogens with zero attached hydrogens (tertiary/aromatic N) is 2. The van der Waals surface area contributed by atoms with E-state index in [1.807, 2.05) is 0 Å². The van der Waals surface area contributed by atoms with Crippen molar-refractivity contribution in [3.8, 4) is 0 Å². The first-order valence-corrected chi connectivity index (χ1v) is 5.43. The first-order chi connectivity index (χ1) is 6.74. The number of aromatic nitrogens is 2. The van der Waals surface area contributed by atoms with E-state index in [4.69, 9.17) is 11.6 Å². The van der Waals surface area contributed by atoms with Gasteiger partial charge in [-0.25, -0.2) is 4.98 Å². The van der Waals surface area contributed by atoms with Gasteiger partial charge in [-0.05, 0) is 35.6 Å². The van der Waals surface area contributed by atoms with Gasteiger partial charge in [-0.1, -0.05) is 29.8 Å². The van der Waals surface area contributed by atoms with Gasteiger partial charge in [0.1, 0.15) is 5.01 Å². The van der Waals surface area contributed by atoms with Crippen LogP contribution in [0, 0.1) is 6.92 Å². The van der Waals surface area contributed by atoms with Crippen molar-refractivity contribution in [2.24, 2.45) is 0 Å². The Morgan fingerprint density at radius 3 is 2.57 bits per heavy atom. The highest BCUT2D eigenvalue weighted by Gasteiger charge is 2.02. The zero-order chi connectivity index (χ0) is 9.97. The molecule has 14 heavy (non-hydrogen) atoms. The van der Waals surface area contributed by atoms with Crippen molar-refractivity contribution in [2.75, 3.05) is 0 Å². The predicted molar refractivity (Wildman–Crippen MR) is 58.9 cm³/mol. The molecule has 0 aliphatic heterocycles. The quantitative estimate of drug-likeness (QED) is 0.784. The molecule has 1 heterocycles. The molecule has 4 heteroatoms. The lowest BCUT2D eigenvalue weighted by Gasteiger charge is -1.97. The van der Waals surface area contributed by atoms with Crippen molar-refractivity contribution < 1.29 is 0 Å². The molecule has 1 aromatic carbocycles. The largest absolute Gasteiger partial charge is 0.234 e. The van der Waals surface area contributed by atoms with E-state index in [0.29, 0.717) is 5.28 Å². The lowest BCUT2D eigenvalue weighted by Crippen LogP contribution is -1.86. The summed E-state index contributed by atoms with van der Waals surface area (Å²) in [5.41, 5.74) is 2.51. The lowest BCUT2D eigenvalue weighted by molar-refractivity contribution is 1.13. The van der Waals surface area contributed by atoms with Crippen LogP contribution in [0.25, 0.3) is 0 Å². The molecule has 0 radical (unpaired) electrons. The van der Waals surface area contributed by atoms with E-state index in [2.05, 4.69) is 40.5 Å². The summed E-state index contributed by atoms with van der Waals surface area (Å²) in [5.74, 6) is 0. The Morgan fingerprint density at radius 1 is 1.29 bits per heavy atom. The van der Waals surface area contributed by atoms with Crippen LogP contribution in [-0.2, 0) is 6.42 Å². The van der Waals surface area contributed by atoms with E-state index >= 15 is 0 Å². The van der Waals surface area contributed by atoms with Gasteiger partial charge < -0.3 is 0 Å². The van der Waals surface area contributed by atoms with Gasteiger partial charge in [0.25, 0.3) is 0 Å². The van der Waals surface area contributed by atoms with Gasteiger partial charge in [-0.3, -0.25) is 0 Å². The zero-order valence-corrected chi connectivity index (χ0v) is 9.27. The van der Waals surface area contributed by atoms with Crippen molar-refractivity contribution in [2.45, 2.75) is 13.3 Å². The highest BCUT2D eigenvalue weighted by Crippen LogP contribution is 2.14. The summed E-state index contributed by atoms with van der Waals surface area (Å²) in [4.78, 5) is 4.10. The summed E-state index contributed by atoms with van der Waals surface area (Å²) in [6.45, 7) is 2.07. The van der Waals surface area contributed by atoms with E-state index < -0.39 is 0 Å². The lowest BCUT2D eigenvalue weighted by atomic mass is 10.1. The number of hydrogen-bond acceptors (Lipinski definition) is 3. The van der Waals surface area contributed by atoms with E-state index in [1.165, 1.54) is 22.7 Å². The third-order valence-electron chi connectivity index (χ3n) is 1.92. The molecule has 0 unspecified atom stereocenters. The van der Waals surface area contributed by atoms with Crippen LogP contribution in [0.3, 0.4) is 0 Å². The van der Waals surface area contributed by atoms with Gasteiger partial charge in [0.2, 0.25) is 5.28 Å². The van der Waals surface area contributed by atoms with Crippen LogP contribution in [0.1, 0.15) is 16.1 Å². The summed E-state index contributed by atoms with van der Waals surface area (Å²) < 4.78 is 3.93. The summed E-state index contributed by atoms with van der Waals surface area (Å²) >= 11 is 7.00. The number of rotatable bonds is 2. The standard InChI is InChI=1S/C10H9ClN2S/c1-7-2-4-8(5-3-7)6-9-12-10(11)13-14-9/h2-5H,6H2,1H3. The van der Waals surface area contributed by atoms with Crippen molar-refractivity contribution in [3.63, 3.8) is 0 Å². The van der Waals surface area contributed by atoms with Gasteiger partial charge >= 0.3 is 0 Å². The fourth-order valence-corrected chi connectivity index (χ4v) is 2.02. The molecular weight excluding hydrogens is 216 g/mol. The Kier molecular flexibility index (Phi) is 2.79. The maximum absolute atomic E-state index is 5.64. The van der Waals surface area contributed by atoms with Crippen LogP contribution >= 0.6 is 23.1 Å². The van der Waals surface area contributed by atoms with Crippen LogP contribution in [0.4, 0.5) is 0 Å². The molecule has 0 spiro atoms. The molecule has 0 aliphatic carbocycles. The van der Waals surface area contributed by atoms with E-state index in [-0.39, 0.29) is 0 Å². The fourth-order valence-electron chi connectivity index (χ4n) is 1.19.